The molecule has 0 aliphatic carbocycles. The minimum atomic E-state index is 0.0478. The van der Waals surface area contributed by atoms with Crippen molar-refractivity contribution in [3.05, 3.63) is 65.7 Å². The summed E-state index contributed by atoms with van der Waals surface area (Å²) in [6.07, 6.45) is 6.49. The number of carbonyl (C=O) groups is 1. The third-order valence-electron chi connectivity index (χ3n) is 4.79. The van der Waals surface area contributed by atoms with E-state index in [0.717, 1.165) is 37.1 Å². The summed E-state index contributed by atoms with van der Waals surface area (Å²) in [7, 11) is 1.63. The standard InChI is InChI=1S/C23H27NO3/c1-3-16-27-21-13-11-18(17-22(21)26-2)12-14-23(25)24-15-7-10-20(24)19-8-5-4-6-9-19/h4-6,8-9,11-14,17,20H,3,7,10,15-16H2,1-2H3/b14-12+. The first kappa shape index (κ1) is 19.0. The number of amides is 1. The van der Waals surface area contributed by atoms with Crippen molar-refractivity contribution in [2.45, 2.75) is 32.2 Å². The van der Waals surface area contributed by atoms with Crippen LogP contribution in [0.3, 0.4) is 0 Å². The van der Waals surface area contributed by atoms with Gasteiger partial charge in [0, 0.05) is 12.6 Å². The molecule has 0 saturated carbocycles. The molecular weight excluding hydrogens is 338 g/mol. The highest BCUT2D eigenvalue weighted by Gasteiger charge is 2.28. The van der Waals surface area contributed by atoms with Crippen molar-refractivity contribution in [2.75, 3.05) is 20.3 Å². The van der Waals surface area contributed by atoms with Crippen LogP contribution >= 0.6 is 0 Å². The van der Waals surface area contributed by atoms with Crippen LogP contribution in [0.4, 0.5) is 0 Å². The molecule has 1 heterocycles. The highest BCUT2D eigenvalue weighted by molar-refractivity contribution is 5.92. The van der Waals surface area contributed by atoms with Gasteiger partial charge in [-0.3, -0.25) is 4.79 Å². The maximum Gasteiger partial charge on any atom is 0.247 e. The van der Waals surface area contributed by atoms with Crippen LogP contribution in [0, 0.1) is 0 Å². The first-order valence-electron chi connectivity index (χ1n) is 9.57. The van der Waals surface area contributed by atoms with Gasteiger partial charge in [0.2, 0.25) is 5.91 Å². The smallest absolute Gasteiger partial charge is 0.247 e. The zero-order valence-electron chi connectivity index (χ0n) is 16.1. The summed E-state index contributed by atoms with van der Waals surface area (Å²) in [5.74, 6) is 1.46. The Balaban J connectivity index is 1.70. The fraction of sp³-hybridized carbons (Fsp3) is 0.348. The molecule has 0 radical (unpaired) electrons. The third kappa shape index (κ3) is 4.70. The molecule has 1 aliphatic rings. The van der Waals surface area contributed by atoms with Gasteiger partial charge in [0.25, 0.3) is 0 Å². The van der Waals surface area contributed by atoms with Crippen molar-refractivity contribution < 1.29 is 14.3 Å². The van der Waals surface area contributed by atoms with E-state index in [1.165, 1.54) is 5.56 Å². The molecule has 1 fully saturated rings. The predicted octanol–water partition coefficient (Wildman–Crippen LogP) is 4.86. The molecule has 0 N–H and O–H groups in total. The van der Waals surface area contributed by atoms with Crippen molar-refractivity contribution in [3.63, 3.8) is 0 Å². The zero-order chi connectivity index (χ0) is 19.1. The lowest BCUT2D eigenvalue weighted by Crippen LogP contribution is -2.28. The van der Waals surface area contributed by atoms with Gasteiger partial charge in [-0.1, -0.05) is 43.3 Å². The second-order valence-electron chi connectivity index (χ2n) is 6.69. The Morgan fingerprint density at radius 3 is 2.74 bits per heavy atom. The molecule has 4 nitrogen and oxygen atoms in total. The van der Waals surface area contributed by atoms with E-state index in [4.69, 9.17) is 9.47 Å². The second kappa shape index (κ2) is 9.26. The molecule has 0 bridgehead atoms. The van der Waals surface area contributed by atoms with Gasteiger partial charge in [-0.15, -0.1) is 0 Å². The number of ether oxygens (including phenoxy) is 2. The van der Waals surface area contributed by atoms with Gasteiger partial charge in [0.1, 0.15) is 0 Å². The van der Waals surface area contributed by atoms with Crippen molar-refractivity contribution in [1.82, 2.24) is 4.90 Å². The van der Waals surface area contributed by atoms with Crippen LogP contribution in [0.1, 0.15) is 43.4 Å². The van der Waals surface area contributed by atoms with Crippen molar-refractivity contribution in [3.8, 4) is 11.5 Å². The van der Waals surface area contributed by atoms with Crippen LogP contribution in [0.15, 0.2) is 54.6 Å². The Morgan fingerprint density at radius 1 is 1.19 bits per heavy atom. The summed E-state index contributed by atoms with van der Waals surface area (Å²) in [5, 5.41) is 0. The van der Waals surface area contributed by atoms with Crippen LogP contribution in [0.25, 0.3) is 6.08 Å². The zero-order valence-corrected chi connectivity index (χ0v) is 16.1. The fourth-order valence-corrected chi connectivity index (χ4v) is 3.43. The lowest BCUT2D eigenvalue weighted by atomic mass is 10.0. The van der Waals surface area contributed by atoms with Crippen LogP contribution in [0.2, 0.25) is 0 Å². The molecule has 1 atom stereocenters. The van der Waals surface area contributed by atoms with Gasteiger partial charge in [0.05, 0.1) is 19.8 Å². The number of hydrogen-bond acceptors (Lipinski definition) is 3. The summed E-state index contributed by atoms with van der Waals surface area (Å²) >= 11 is 0. The minimum absolute atomic E-state index is 0.0478. The Hall–Kier alpha value is -2.75. The molecule has 0 aromatic heterocycles. The maximum absolute atomic E-state index is 12.7. The first-order chi connectivity index (χ1) is 13.2. The average molecular weight is 365 g/mol. The fourth-order valence-electron chi connectivity index (χ4n) is 3.43. The van der Waals surface area contributed by atoms with E-state index in [1.54, 1.807) is 13.2 Å². The van der Waals surface area contributed by atoms with Crippen molar-refractivity contribution >= 4 is 12.0 Å². The number of likely N-dealkylation sites (tertiary alicyclic amines) is 1. The number of carbonyl (C=O) groups excluding carboxylic acids is 1. The SMILES string of the molecule is CCCOc1ccc(/C=C/C(=O)N2CCCC2c2ccccc2)cc1OC. The van der Waals surface area contributed by atoms with Crippen LogP contribution < -0.4 is 9.47 Å². The van der Waals surface area contributed by atoms with Gasteiger partial charge in [-0.2, -0.15) is 0 Å². The van der Waals surface area contributed by atoms with Gasteiger partial charge in [-0.05, 0) is 48.6 Å². The summed E-state index contributed by atoms with van der Waals surface area (Å²) < 4.78 is 11.1. The summed E-state index contributed by atoms with van der Waals surface area (Å²) in [5.41, 5.74) is 2.12. The molecule has 1 saturated heterocycles. The Labute approximate surface area is 161 Å². The molecular formula is C23H27NO3. The van der Waals surface area contributed by atoms with E-state index >= 15 is 0 Å². The molecule has 0 spiro atoms. The average Bonchev–Trinajstić information content (AvgIpc) is 3.21. The van der Waals surface area contributed by atoms with E-state index < -0.39 is 0 Å². The maximum atomic E-state index is 12.7. The molecule has 3 rings (SSSR count). The van der Waals surface area contributed by atoms with E-state index in [1.807, 2.05) is 47.4 Å². The van der Waals surface area contributed by atoms with Crippen LogP contribution in [-0.4, -0.2) is 31.1 Å². The highest BCUT2D eigenvalue weighted by Crippen LogP contribution is 2.32. The number of benzene rings is 2. The van der Waals surface area contributed by atoms with E-state index in [-0.39, 0.29) is 11.9 Å². The van der Waals surface area contributed by atoms with E-state index in [0.29, 0.717) is 12.4 Å². The van der Waals surface area contributed by atoms with Gasteiger partial charge < -0.3 is 14.4 Å². The molecule has 142 valence electrons. The number of nitrogens with zero attached hydrogens (tertiary/aromatic N) is 1. The number of rotatable bonds is 7. The molecule has 2 aromatic rings. The Morgan fingerprint density at radius 2 is 2.00 bits per heavy atom. The predicted molar refractivity (Wildman–Crippen MR) is 108 cm³/mol. The third-order valence-corrected chi connectivity index (χ3v) is 4.79. The van der Waals surface area contributed by atoms with Gasteiger partial charge in [0.15, 0.2) is 11.5 Å². The molecule has 27 heavy (non-hydrogen) atoms. The highest BCUT2D eigenvalue weighted by atomic mass is 16.5. The monoisotopic (exact) mass is 365 g/mol. The Kier molecular flexibility index (Phi) is 6.53. The molecule has 4 heteroatoms. The minimum Gasteiger partial charge on any atom is -0.493 e. The van der Waals surface area contributed by atoms with Crippen molar-refractivity contribution in [1.29, 1.82) is 0 Å². The topological polar surface area (TPSA) is 38.8 Å². The van der Waals surface area contributed by atoms with Gasteiger partial charge >= 0.3 is 0 Å². The summed E-state index contributed by atoms with van der Waals surface area (Å²) in [6, 6.07) is 16.2. The Bertz CT molecular complexity index is 785. The molecule has 1 amide bonds. The molecule has 1 unspecified atom stereocenters. The second-order valence-corrected chi connectivity index (χ2v) is 6.69. The van der Waals surface area contributed by atoms with E-state index in [9.17, 15) is 4.79 Å². The molecule has 2 aromatic carbocycles. The lowest BCUT2D eigenvalue weighted by molar-refractivity contribution is -0.126. The largest absolute Gasteiger partial charge is 0.493 e. The molecule has 1 aliphatic heterocycles. The normalized spacial score (nSPS) is 16.7. The van der Waals surface area contributed by atoms with Gasteiger partial charge in [-0.25, -0.2) is 0 Å². The summed E-state index contributed by atoms with van der Waals surface area (Å²) in [6.45, 7) is 3.52. The first-order valence-corrected chi connectivity index (χ1v) is 9.57. The van der Waals surface area contributed by atoms with E-state index in [2.05, 4.69) is 19.1 Å². The number of methoxy groups -OCH3 is 1. The number of hydrogen-bond donors (Lipinski definition) is 0. The quantitative estimate of drug-likeness (QED) is 0.658. The van der Waals surface area contributed by atoms with Crippen LogP contribution in [-0.2, 0) is 4.79 Å². The van der Waals surface area contributed by atoms with Crippen LogP contribution in [0.5, 0.6) is 11.5 Å². The lowest BCUT2D eigenvalue weighted by Gasteiger charge is -2.23. The van der Waals surface area contributed by atoms with Crippen molar-refractivity contribution in [2.24, 2.45) is 0 Å². The summed E-state index contributed by atoms with van der Waals surface area (Å²) in [4.78, 5) is 14.7.